The van der Waals surface area contributed by atoms with Crippen LogP contribution in [0.15, 0.2) is 42.7 Å². The molecule has 0 saturated carbocycles. The molecule has 5 heteroatoms. The molecule has 0 aliphatic carbocycles. The van der Waals surface area contributed by atoms with Crippen LogP contribution in [0.4, 0.5) is 0 Å². The van der Waals surface area contributed by atoms with Gasteiger partial charge in [-0.05, 0) is 44.5 Å². The number of benzene rings is 1. The topological polar surface area (TPSA) is 44.5 Å². The number of aromatic nitrogens is 2. The number of nitrogens with zero attached hydrogens (tertiary/aromatic N) is 4. The Bertz CT molecular complexity index is 642. The van der Waals surface area contributed by atoms with Gasteiger partial charge >= 0.3 is 0 Å². The Labute approximate surface area is 150 Å². The van der Waals surface area contributed by atoms with Crippen molar-refractivity contribution < 1.29 is 5.11 Å². The van der Waals surface area contributed by atoms with Gasteiger partial charge in [-0.1, -0.05) is 30.3 Å². The number of aryl methyl sites for hydroxylation is 1. The zero-order valence-electron chi connectivity index (χ0n) is 15.4. The van der Waals surface area contributed by atoms with E-state index in [2.05, 4.69) is 59.3 Å². The summed E-state index contributed by atoms with van der Waals surface area (Å²) in [6.07, 6.45) is 6.07. The minimum atomic E-state index is -0.325. The van der Waals surface area contributed by atoms with Crippen LogP contribution in [0.5, 0.6) is 0 Å². The van der Waals surface area contributed by atoms with Crippen molar-refractivity contribution in [3.63, 3.8) is 0 Å². The van der Waals surface area contributed by atoms with Crippen molar-refractivity contribution in [3.8, 4) is 0 Å². The van der Waals surface area contributed by atoms with Gasteiger partial charge in [0.1, 0.15) is 0 Å². The minimum Gasteiger partial charge on any atom is -0.390 e. The standard InChI is InChI=1S/C20H30N4O/c1-17-11-21-24(12-17)14-19-9-6-10-23(19)16-20(25)15-22(2)13-18-7-4-3-5-8-18/h3-5,7-8,11-12,19-20,25H,6,9-10,13-16H2,1-2H3/t19-,20-/m1/s1. The Balaban J connectivity index is 1.47. The third-order valence-corrected chi connectivity index (χ3v) is 4.92. The number of rotatable bonds is 8. The zero-order chi connectivity index (χ0) is 17.6. The second kappa shape index (κ2) is 8.61. The molecule has 0 unspecified atom stereocenters. The molecule has 1 aliphatic rings. The summed E-state index contributed by atoms with van der Waals surface area (Å²) in [6, 6.07) is 10.9. The number of likely N-dealkylation sites (N-methyl/N-ethyl adjacent to an activating group) is 1. The summed E-state index contributed by atoms with van der Waals surface area (Å²) < 4.78 is 2.03. The van der Waals surface area contributed by atoms with Gasteiger partial charge in [0.2, 0.25) is 0 Å². The molecule has 0 radical (unpaired) electrons. The van der Waals surface area contributed by atoms with Crippen molar-refractivity contribution in [1.82, 2.24) is 19.6 Å². The lowest BCUT2D eigenvalue weighted by atomic mass is 10.2. The maximum absolute atomic E-state index is 10.5. The molecule has 1 aromatic heterocycles. The molecule has 3 rings (SSSR count). The number of β-amino-alcohol motifs (C(OH)–C–C–N with tert-alkyl or cyclic N) is 1. The van der Waals surface area contributed by atoms with E-state index in [0.29, 0.717) is 12.6 Å². The molecule has 1 aliphatic heterocycles. The highest BCUT2D eigenvalue weighted by molar-refractivity contribution is 5.14. The lowest BCUT2D eigenvalue weighted by Gasteiger charge is -2.28. The van der Waals surface area contributed by atoms with Crippen LogP contribution in [0.25, 0.3) is 0 Å². The third-order valence-electron chi connectivity index (χ3n) is 4.92. The van der Waals surface area contributed by atoms with Crippen LogP contribution in [-0.2, 0) is 13.1 Å². The molecule has 0 amide bonds. The van der Waals surface area contributed by atoms with E-state index in [-0.39, 0.29) is 6.10 Å². The van der Waals surface area contributed by atoms with Crippen LogP contribution in [0, 0.1) is 6.92 Å². The van der Waals surface area contributed by atoms with Gasteiger partial charge in [-0.2, -0.15) is 5.10 Å². The average molecular weight is 342 g/mol. The van der Waals surface area contributed by atoms with Gasteiger partial charge in [0.15, 0.2) is 0 Å². The highest BCUT2D eigenvalue weighted by Crippen LogP contribution is 2.19. The quantitative estimate of drug-likeness (QED) is 0.798. The molecule has 5 nitrogen and oxygen atoms in total. The molecular weight excluding hydrogens is 312 g/mol. The molecule has 136 valence electrons. The number of hydrogen-bond donors (Lipinski definition) is 1. The van der Waals surface area contributed by atoms with Gasteiger partial charge in [0, 0.05) is 31.9 Å². The van der Waals surface area contributed by atoms with Gasteiger partial charge < -0.3 is 5.11 Å². The van der Waals surface area contributed by atoms with Crippen molar-refractivity contribution in [3.05, 3.63) is 53.9 Å². The summed E-state index contributed by atoms with van der Waals surface area (Å²) >= 11 is 0. The number of aliphatic hydroxyl groups excluding tert-OH is 1. The van der Waals surface area contributed by atoms with Crippen molar-refractivity contribution >= 4 is 0 Å². The number of likely N-dealkylation sites (tertiary alicyclic amines) is 1. The van der Waals surface area contributed by atoms with E-state index in [1.54, 1.807) is 0 Å². The molecule has 1 N–H and O–H groups in total. The predicted octanol–water partition coefficient (Wildman–Crippen LogP) is 2.15. The average Bonchev–Trinajstić information content (AvgIpc) is 3.18. The van der Waals surface area contributed by atoms with Crippen molar-refractivity contribution in [2.45, 2.75) is 45.0 Å². The first-order chi connectivity index (χ1) is 12.1. The molecule has 0 spiro atoms. The maximum atomic E-state index is 10.5. The van der Waals surface area contributed by atoms with E-state index < -0.39 is 0 Å². The summed E-state index contributed by atoms with van der Waals surface area (Å²) in [7, 11) is 2.07. The summed E-state index contributed by atoms with van der Waals surface area (Å²) in [5.74, 6) is 0. The molecule has 1 aromatic carbocycles. The first kappa shape index (κ1) is 18.1. The number of aliphatic hydroxyl groups is 1. The fraction of sp³-hybridized carbons (Fsp3) is 0.550. The van der Waals surface area contributed by atoms with Crippen molar-refractivity contribution in [2.24, 2.45) is 0 Å². The van der Waals surface area contributed by atoms with E-state index in [9.17, 15) is 5.11 Å². The predicted molar refractivity (Wildman–Crippen MR) is 100 cm³/mol. The molecule has 1 fully saturated rings. The van der Waals surface area contributed by atoms with Crippen LogP contribution in [0.3, 0.4) is 0 Å². The van der Waals surface area contributed by atoms with Gasteiger partial charge in [0.05, 0.1) is 18.8 Å². The fourth-order valence-electron chi connectivity index (χ4n) is 3.77. The minimum absolute atomic E-state index is 0.325. The Kier molecular flexibility index (Phi) is 6.24. The van der Waals surface area contributed by atoms with Crippen LogP contribution < -0.4 is 0 Å². The SMILES string of the molecule is Cc1cnn(C[C@H]2CCCN2C[C@H](O)CN(C)Cc2ccccc2)c1. The Morgan fingerprint density at radius 2 is 2.12 bits per heavy atom. The normalized spacial score (nSPS) is 19.6. The summed E-state index contributed by atoms with van der Waals surface area (Å²) in [5.41, 5.74) is 2.48. The molecule has 0 bridgehead atoms. The van der Waals surface area contributed by atoms with E-state index in [0.717, 1.165) is 26.2 Å². The second-order valence-corrected chi connectivity index (χ2v) is 7.37. The fourth-order valence-corrected chi connectivity index (χ4v) is 3.77. The third kappa shape index (κ3) is 5.39. The van der Waals surface area contributed by atoms with Crippen molar-refractivity contribution in [1.29, 1.82) is 0 Å². The van der Waals surface area contributed by atoms with Crippen LogP contribution >= 0.6 is 0 Å². The lowest BCUT2D eigenvalue weighted by molar-refractivity contribution is 0.0717. The van der Waals surface area contributed by atoms with Crippen LogP contribution in [-0.4, -0.2) is 63.5 Å². The monoisotopic (exact) mass is 342 g/mol. The zero-order valence-corrected chi connectivity index (χ0v) is 15.4. The lowest BCUT2D eigenvalue weighted by Crippen LogP contribution is -2.42. The molecule has 2 aromatic rings. The Morgan fingerprint density at radius 1 is 1.32 bits per heavy atom. The molecule has 25 heavy (non-hydrogen) atoms. The summed E-state index contributed by atoms with van der Waals surface area (Å²) in [5, 5.41) is 14.9. The molecule has 2 atom stereocenters. The van der Waals surface area contributed by atoms with E-state index in [1.165, 1.54) is 24.0 Å². The van der Waals surface area contributed by atoms with E-state index in [1.807, 2.05) is 16.9 Å². The summed E-state index contributed by atoms with van der Waals surface area (Å²) in [6.45, 7) is 6.37. The van der Waals surface area contributed by atoms with Gasteiger partial charge in [-0.15, -0.1) is 0 Å². The summed E-state index contributed by atoms with van der Waals surface area (Å²) in [4.78, 5) is 4.62. The number of hydrogen-bond acceptors (Lipinski definition) is 4. The van der Waals surface area contributed by atoms with Gasteiger partial charge in [0.25, 0.3) is 0 Å². The van der Waals surface area contributed by atoms with Crippen LogP contribution in [0.1, 0.15) is 24.0 Å². The highest BCUT2D eigenvalue weighted by atomic mass is 16.3. The largest absolute Gasteiger partial charge is 0.390 e. The first-order valence-corrected chi connectivity index (χ1v) is 9.24. The van der Waals surface area contributed by atoms with Crippen molar-refractivity contribution in [2.75, 3.05) is 26.7 Å². The maximum Gasteiger partial charge on any atom is 0.0793 e. The van der Waals surface area contributed by atoms with Gasteiger partial charge in [-0.25, -0.2) is 0 Å². The van der Waals surface area contributed by atoms with E-state index >= 15 is 0 Å². The molecular formula is C20H30N4O. The Morgan fingerprint density at radius 3 is 2.84 bits per heavy atom. The highest BCUT2D eigenvalue weighted by Gasteiger charge is 2.27. The van der Waals surface area contributed by atoms with Gasteiger partial charge in [-0.3, -0.25) is 14.5 Å². The Hall–Kier alpha value is -1.69. The molecule has 1 saturated heterocycles. The smallest absolute Gasteiger partial charge is 0.0793 e. The van der Waals surface area contributed by atoms with E-state index in [4.69, 9.17) is 0 Å². The first-order valence-electron chi connectivity index (χ1n) is 9.24. The molecule has 2 heterocycles. The second-order valence-electron chi connectivity index (χ2n) is 7.37. The van der Waals surface area contributed by atoms with Crippen LogP contribution in [0.2, 0.25) is 0 Å².